The SMILES string of the molecule is CC(Oc1ncc(C#N)cc1N)C(F)(F)F. The number of aromatic nitrogens is 1. The van der Waals surface area contributed by atoms with Gasteiger partial charge in [-0.05, 0) is 13.0 Å². The van der Waals surface area contributed by atoms with Crippen LogP contribution < -0.4 is 10.5 Å². The number of anilines is 1. The predicted octanol–water partition coefficient (Wildman–Crippen LogP) is 1.87. The first-order valence-corrected chi connectivity index (χ1v) is 4.23. The molecule has 4 nitrogen and oxygen atoms in total. The molecule has 0 aliphatic rings. The minimum atomic E-state index is -4.48. The number of ether oxygens (including phenoxy) is 1. The number of nitrogens with two attached hydrogens (primary N) is 1. The van der Waals surface area contributed by atoms with E-state index in [9.17, 15) is 13.2 Å². The molecule has 0 amide bonds. The third kappa shape index (κ3) is 2.76. The van der Waals surface area contributed by atoms with Crippen LogP contribution in [0.5, 0.6) is 5.88 Å². The molecule has 0 bridgehead atoms. The minimum absolute atomic E-state index is 0.102. The maximum absolute atomic E-state index is 12.2. The van der Waals surface area contributed by atoms with Gasteiger partial charge in [-0.1, -0.05) is 0 Å². The lowest BCUT2D eigenvalue weighted by Gasteiger charge is -2.17. The number of nitrogens with zero attached hydrogens (tertiary/aromatic N) is 2. The first kappa shape index (κ1) is 12.1. The third-order valence-corrected chi connectivity index (χ3v) is 1.76. The van der Waals surface area contributed by atoms with Gasteiger partial charge < -0.3 is 10.5 Å². The van der Waals surface area contributed by atoms with Crippen molar-refractivity contribution in [3.05, 3.63) is 17.8 Å². The van der Waals surface area contributed by atoms with Gasteiger partial charge in [-0.25, -0.2) is 4.98 Å². The van der Waals surface area contributed by atoms with Crippen LogP contribution in [0.4, 0.5) is 18.9 Å². The van der Waals surface area contributed by atoms with Crippen molar-refractivity contribution >= 4 is 5.69 Å². The van der Waals surface area contributed by atoms with E-state index < -0.39 is 12.3 Å². The second-order valence-electron chi connectivity index (χ2n) is 3.03. The van der Waals surface area contributed by atoms with E-state index in [1.54, 1.807) is 6.07 Å². The molecule has 0 aromatic carbocycles. The zero-order valence-electron chi connectivity index (χ0n) is 8.25. The van der Waals surface area contributed by atoms with Crippen molar-refractivity contribution in [2.75, 3.05) is 5.73 Å². The Morgan fingerprint density at radius 1 is 1.56 bits per heavy atom. The van der Waals surface area contributed by atoms with Gasteiger partial charge in [0, 0.05) is 6.20 Å². The van der Waals surface area contributed by atoms with Crippen LogP contribution in [0, 0.1) is 11.3 Å². The number of halogens is 3. The van der Waals surface area contributed by atoms with E-state index in [0.29, 0.717) is 0 Å². The molecule has 0 saturated carbocycles. The predicted molar refractivity (Wildman–Crippen MR) is 49.5 cm³/mol. The van der Waals surface area contributed by atoms with E-state index in [2.05, 4.69) is 9.72 Å². The lowest BCUT2D eigenvalue weighted by molar-refractivity contribution is -0.189. The maximum Gasteiger partial charge on any atom is 0.425 e. The molecule has 0 aliphatic heterocycles. The summed E-state index contributed by atoms with van der Waals surface area (Å²) in [6.45, 7) is 0.847. The summed E-state index contributed by atoms with van der Waals surface area (Å²) in [5.74, 6) is -0.330. The zero-order chi connectivity index (χ0) is 12.3. The Morgan fingerprint density at radius 2 is 2.19 bits per heavy atom. The Morgan fingerprint density at radius 3 is 2.62 bits per heavy atom. The van der Waals surface area contributed by atoms with Crippen molar-refractivity contribution in [2.24, 2.45) is 0 Å². The molecule has 2 N–H and O–H groups in total. The van der Waals surface area contributed by atoms with Gasteiger partial charge in [0.05, 0.1) is 11.3 Å². The molecule has 1 rings (SSSR count). The summed E-state index contributed by atoms with van der Waals surface area (Å²) >= 11 is 0. The van der Waals surface area contributed by atoms with Crippen LogP contribution in [0.15, 0.2) is 12.3 Å². The average Bonchev–Trinajstić information content (AvgIpc) is 2.19. The summed E-state index contributed by atoms with van der Waals surface area (Å²) < 4.78 is 41.0. The number of pyridine rings is 1. The van der Waals surface area contributed by atoms with Gasteiger partial charge in [0.25, 0.3) is 0 Å². The van der Waals surface area contributed by atoms with Crippen molar-refractivity contribution in [3.8, 4) is 11.9 Å². The monoisotopic (exact) mass is 231 g/mol. The first-order valence-electron chi connectivity index (χ1n) is 4.23. The molecule has 1 heterocycles. The quantitative estimate of drug-likeness (QED) is 0.843. The van der Waals surface area contributed by atoms with Crippen molar-refractivity contribution in [1.29, 1.82) is 5.26 Å². The van der Waals surface area contributed by atoms with Gasteiger partial charge in [0.2, 0.25) is 5.88 Å². The highest BCUT2D eigenvalue weighted by atomic mass is 19.4. The number of rotatable bonds is 2. The van der Waals surface area contributed by atoms with Crippen LogP contribution in [0.25, 0.3) is 0 Å². The largest absolute Gasteiger partial charge is 0.464 e. The Labute approximate surface area is 89.5 Å². The lowest BCUT2D eigenvalue weighted by Crippen LogP contribution is -2.31. The van der Waals surface area contributed by atoms with E-state index >= 15 is 0 Å². The molecule has 1 aromatic rings. The van der Waals surface area contributed by atoms with Crippen LogP contribution in [-0.4, -0.2) is 17.3 Å². The number of nitriles is 1. The molecule has 0 radical (unpaired) electrons. The highest BCUT2D eigenvalue weighted by Crippen LogP contribution is 2.27. The van der Waals surface area contributed by atoms with E-state index in [4.69, 9.17) is 11.0 Å². The van der Waals surface area contributed by atoms with Crippen molar-refractivity contribution in [3.63, 3.8) is 0 Å². The van der Waals surface area contributed by atoms with E-state index in [1.807, 2.05) is 0 Å². The topological polar surface area (TPSA) is 71.9 Å². The Kier molecular flexibility index (Phi) is 3.22. The molecule has 0 fully saturated rings. The second-order valence-corrected chi connectivity index (χ2v) is 3.03. The molecule has 86 valence electrons. The summed E-state index contributed by atoms with van der Waals surface area (Å²) in [7, 11) is 0. The molecule has 1 aromatic heterocycles. The molecule has 0 spiro atoms. The standard InChI is InChI=1S/C9H8F3N3O/c1-5(9(10,11)12)16-8-7(14)2-6(3-13)4-15-8/h2,4-5H,14H2,1H3. The smallest absolute Gasteiger partial charge is 0.425 e. The molecule has 0 saturated heterocycles. The molecule has 7 heteroatoms. The number of hydrogen-bond donors (Lipinski definition) is 1. The molecular weight excluding hydrogens is 223 g/mol. The Balaban J connectivity index is 2.88. The number of alkyl halides is 3. The summed E-state index contributed by atoms with van der Waals surface area (Å²) in [5, 5.41) is 8.50. The van der Waals surface area contributed by atoms with Crippen LogP contribution >= 0.6 is 0 Å². The zero-order valence-corrected chi connectivity index (χ0v) is 8.25. The van der Waals surface area contributed by atoms with Crippen molar-refractivity contribution in [2.45, 2.75) is 19.2 Å². The average molecular weight is 231 g/mol. The molecular formula is C9H8F3N3O. The van der Waals surface area contributed by atoms with Gasteiger partial charge in [-0.2, -0.15) is 18.4 Å². The highest BCUT2D eigenvalue weighted by molar-refractivity contribution is 5.52. The molecule has 1 unspecified atom stereocenters. The van der Waals surface area contributed by atoms with Crippen LogP contribution in [-0.2, 0) is 0 Å². The third-order valence-electron chi connectivity index (χ3n) is 1.76. The molecule has 0 aliphatic carbocycles. The summed E-state index contributed by atoms with van der Waals surface area (Å²) in [5.41, 5.74) is 5.44. The van der Waals surface area contributed by atoms with Gasteiger partial charge in [0.15, 0.2) is 6.10 Å². The van der Waals surface area contributed by atoms with Gasteiger partial charge in [-0.15, -0.1) is 0 Å². The van der Waals surface area contributed by atoms with Gasteiger partial charge >= 0.3 is 6.18 Å². The van der Waals surface area contributed by atoms with E-state index in [0.717, 1.165) is 13.1 Å². The van der Waals surface area contributed by atoms with E-state index in [-0.39, 0.29) is 17.1 Å². The summed E-state index contributed by atoms with van der Waals surface area (Å²) in [6, 6.07) is 2.96. The fourth-order valence-corrected chi connectivity index (χ4v) is 0.863. The number of hydrogen-bond acceptors (Lipinski definition) is 4. The fourth-order valence-electron chi connectivity index (χ4n) is 0.863. The lowest BCUT2D eigenvalue weighted by atomic mass is 10.3. The highest BCUT2D eigenvalue weighted by Gasteiger charge is 2.38. The first-order chi connectivity index (χ1) is 7.34. The van der Waals surface area contributed by atoms with Crippen molar-refractivity contribution < 1.29 is 17.9 Å². The summed E-state index contributed by atoms with van der Waals surface area (Å²) in [6.07, 6.45) is -5.40. The van der Waals surface area contributed by atoms with Crippen LogP contribution in [0.2, 0.25) is 0 Å². The normalized spacial score (nSPS) is 12.9. The van der Waals surface area contributed by atoms with E-state index in [1.165, 1.54) is 6.07 Å². The molecule has 1 atom stereocenters. The van der Waals surface area contributed by atoms with Crippen LogP contribution in [0.1, 0.15) is 12.5 Å². The second kappa shape index (κ2) is 4.26. The summed E-state index contributed by atoms with van der Waals surface area (Å²) in [4.78, 5) is 3.53. The maximum atomic E-state index is 12.2. The Bertz CT molecular complexity index is 425. The molecule has 16 heavy (non-hydrogen) atoms. The van der Waals surface area contributed by atoms with Gasteiger partial charge in [0.1, 0.15) is 6.07 Å². The minimum Gasteiger partial charge on any atom is -0.464 e. The fraction of sp³-hybridized carbons (Fsp3) is 0.333. The van der Waals surface area contributed by atoms with Crippen molar-refractivity contribution in [1.82, 2.24) is 4.98 Å². The van der Waals surface area contributed by atoms with Gasteiger partial charge in [-0.3, -0.25) is 0 Å². The number of nitrogen functional groups attached to an aromatic ring is 1. The van der Waals surface area contributed by atoms with Crippen LogP contribution in [0.3, 0.4) is 0 Å². The Hall–Kier alpha value is -1.97.